The highest BCUT2D eigenvalue weighted by atomic mass is 31.2. The molecule has 0 spiro atoms. The topological polar surface area (TPSA) is 116 Å². The fourth-order valence-corrected chi connectivity index (χ4v) is 5.55. The van der Waals surface area contributed by atoms with Crippen LogP contribution in [0.4, 0.5) is 0 Å². The number of rotatable bonds is 11. The summed E-state index contributed by atoms with van der Waals surface area (Å²) in [5.41, 5.74) is 0. The number of nitrogens with one attached hydrogen (secondary N) is 1. The van der Waals surface area contributed by atoms with Gasteiger partial charge >= 0.3 is 14.1 Å². The normalized spacial score (nSPS) is 23.8. The molecule has 184 valence electrons. The number of esters is 1. The summed E-state index contributed by atoms with van der Waals surface area (Å²) in [6.07, 6.45) is 2.57. The molecule has 3 rings (SSSR count). The highest BCUT2D eigenvalue weighted by Gasteiger charge is 2.49. The number of benzene rings is 1. The second kappa shape index (κ2) is 11.5. The predicted octanol–water partition coefficient (Wildman–Crippen LogP) is 3.49. The first-order chi connectivity index (χ1) is 15.7. The van der Waals surface area contributed by atoms with Crippen LogP contribution in [0.1, 0.15) is 46.5 Å². The average molecular weight is 485 g/mol. The molecule has 1 heterocycles. The zero-order valence-corrected chi connectivity index (χ0v) is 20.5. The molecule has 1 aromatic carbocycles. The van der Waals surface area contributed by atoms with Gasteiger partial charge in [-0.3, -0.25) is 9.32 Å². The van der Waals surface area contributed by atoms with Crippen molar-refractivity contribution < 1.29 is 38.1 Å². The van der Waals surface area contributed by atoms with Gasteiger partial charge in [-0.15, -0.1) is 4.52 Å². The fraction of sp³-hybridized carbons (Fsp3) is 0.609. The number of hydrogen-bond donors (Lipinski definition) is 3. The molecule has 0 saturated heterocycles. The lowest BCUT2D eigenvalue weighted by molar-refractivity contribution is -0.149. The number of methoxy groups -OCH3 is 1. The minimum absolute atomic E-state index is 0.209. The van der Waals surface area contributed by atoms with E-state index in [0.29, 0.717) is 11.5 Å². The molecule has 4 atom stereocenters. The summed E-state index contributed by atoms with van der Waals surface area (Å²) in [6.45, 7) is 4.83. The lowest BCUT2D eigenvalue weighted by Crippen LogP contribution is -2.38. The molecule has 0 aromatic heterocycles. The van der Waals surface area contributed by atoms with Crippen molar-refractivity contribution >= 4 is 14.1 Å². The number of ether oxygens (including phenoxy) is 3. The second-order valence-corrected chi connectivity index (χ2v) is 10.3. The van der Waals surface area contributed by atoms with Gasteiger partial charge in [0.2, 0.25) is 0 Å². The molecule has 1 saturated carbocycles. The Labute approximate surface area is 195 Å². The van der Waals surface area contributed by atoms with Crippen LogP contribution in [0.15, 0.2) is 41.9 Å². The molecule has 1 aliphatic heterocycles. The first-order valence-corrected chi connectivity index (χ1v) is 12.9. The maximum Gasteiger partial charge on any atom is 0.545 e. The molecule has 1 unspecified atom stereocenters. The van der Waals surface area contributed by atoms with Gasteiger partial charge in [0.25, 0.3) is 0 Å². The average Bonchev–Trinajstić information content (AvgIpc) is 3.40. The highest BCUT2D eigenvalue weighted by Crippen LogP contribution is 2.54. The molecule has 1 fully saturated rings. The molecule has 9 nitrogen and oxygen atoms in total. The Morgan fingerprint density at radius 1 is 1.21 bits per heavy atom. The predicted molar refractivity (Wildman–Crippen MR) is 123 cm³/mol. The van der Waals surface area contributed by atoms with E-state index < -0.39 is 32.3 Å². The number of carbonyl (C=O) groups is 1. The summed E-state index contributed by atoms with van der Waals surface area (Å²) < 4.78 is 28.2. The van der Waals surface area contributed by atoms with Crippen molar-refractivity contribution in [1.82, 2.24) is 5.09 Å². The van der Waals surface area contributed by atoms with Crippen LogP contribution in [0, 0.1) is 5.92 Å². The van der Waals surface area contributed by atoms with Crippen LogP contribution < -0.4 is 9.61 Å². The Hall–Kier alpha value is -1.90. The third-order valence-electron chi connectivity index (χ3n) is 5.62. The molecular formula is C23H35NO8P+. The third kappa shape index (κ3) is 6.80. The van der Waals surface area contributed by atoms with Crippen LogP contribution in [-0.2, 0) is 23.5 Å². The van der Waals surface area contributed by atoms with Gasteiger partial charge in [0, 0.05) is 0 Å². The SMILES string of the molecule is COC1=C(CO[P+](O)(N[C@@H](C)C(=O)OC(C)C)Oc2ccccc2)O[C@@H](C2CCCC2)[C@H]1O. The molecule has 2 aliphatic rings. The quantitative estimate of drug-likeness (QED) is 0.321. The molecule has 3 N–H and O–H groups in total. The van der Waals surface area contributed by atoms with Crippen molar-refractivity contribution in [3.05, 3.63) is 41.9 Å². The molecule has 33 heavy (non-hydrogen) atoms. The van der Waals surface area contributed by atoms with Crippen molar-refractivity contribution in [2.75, 3.05) is 13.7 Å². The summed E-state index contributed by atoms with van der Waals surface area (Å²) in [5, 5.41) is 13.5. The van der Waals surface area contributed by atoms with E-state index in [0.717, 1.165) is 25.7 Å². The number of aliphatic hydroxyl groups is 1. The van der Waals surface area contributed by atoms with Crippen LogP contribution in [0.5, 0.6) is 5.75 Å². The standard InChI is InChI=1S/C23H35NO8P/c1-15(2)30-23(26)16(3)24-33(27,32-18-12-6-5-7-13-18)29-14-19-22(28-4)20(25)21(31-19)17-10-8-9-11-17/h5-7,12-13,15-17,20-21,24-25,27H,8-11,14H2,1-4H3/q+1/t16-,20+,21-,33?/m0/s1. The van der Waals surface area contributed by atoms with E-state index in [2.05, 4.69) is 5.09 Å². The van der Waals surface area contributed by atoms with E-state index in [1.54, 1.807) is 45.0 Å². The van der Waals surface area contributed by atoms with Crippen LogP contribution >= 0.6 is 8.09 Å². The Bertz CT molecular complexity index is 814. The van der Waals surface area contributed by atoms with E-state index >= 15 is 0 Å². The number of aliphatic hydroxyl groups excluding tert-OH is 1. The Kier molecular flexibility index (Phi) is 8.95. The highest BCUT2D eigenvalue weighted by molar-refractivity contribution is 7.59. The van der Waals surface area contributed by atoms with Crippen molar-refractivity contribution in [3.63, 3.8) is 0 Å². The zero-order chi connectivity index (χ0) is 24.0. The summed E-state index contributed by atoms with van der Waals surface area (Å²) in [6, 6.07) is 7.76. The molecular weight excluding hydrogens is 449 g/mol. The van der Waals surface area contributed by atoms with Gasteiger partial charge in [-0.1, -0.05) is 36.1 Å². The van der Waals surface area contributed by atoms with Crippen LogP contribution in [-0.4, -0.2) is 54.0 Å². The molecule has 1 aliphatic carbocycles. The number of carbonyl (C=O) groups excluding carboxylic acids is 1. The number of para-hydroxylation sites is 1. The number of hydrogen-bond acceptors (Lipinski definition) is 9. The van der Waals surface area contributed by atoms with E-state index in [4.69, 9.17) is 23.3 Å². The molecule has 0 radical (unpaired) electrons. The fourth-order valence-electron chi connectivity index (χ4n) is 4.07. The minimum atomic E-state index is -3.80. The van der Waals surface area contributed by atoms with Gasteiger partial charge in [0.1, 0.15) is 12.1 Å². The van der Waals surface area contributed by atoms with E-state index in [-0.39, 0.29) is 24.4 Å². The maximum atomic E-state index is 12.3. The van der Waals surface area contributed by atoms with Gasteiger partial charge < -0.3 is 19.3 Å². The molecule has 0 bridgehead atoms. The van der Waals surface area contributed by atoms with Crippen molar-refractivity contribution in [2.45, 2.75) is 70.8 Å². The first kappa shape index (κ1) is 25.7. The van der Waals surface area contributed by atoms with Crippen molar-refractivity contribution in [2.24, 2.45) is 5.92 Å². The van der Waals surface area contributed by atoms with Gasteiger partial charge in [0.15, 0.2) is 30.0 Å². The maximum absolute atomic E-state index is 12.3. The van der Waals surface area contributed by atoms with Gasteiger partial charge in [-0.05, 0) is 51.7 Å². The molecule has 10 heteroatoms. The van der Waals surface area contributed by atoms with E-state index in [1.807, 2.05) is 6.07 Å². The Balaban J connectivity index is 1.73. The summed E-state index contributed by atoms with van der Waals surface area (Å²) in [5.74, 6) is 0.638. The van der Waals surface area contributed by atoms with E-state index in [9.17, 15) is 14.8 Å². The van der Waals surface area contributed by atoms with Crippen molar-refractivity contribution in [1.29, 1.82) is 0 Å². The largest absolute Gasteiger partial charge is 0.545 e. The van der Waals surface area contributed by atoms with Crippen LogP contribution in [0.2, 0.25) is 0 Å². The smallest absolute Gasteiger partial charge is 0.495 e. The van der Waals surface area contributed by atoms with Crippen molar-refractivity contribution in [3.8, 4) is 5.75 Å². The Morgan fingerprint density at radius 2 is 1.88 bits per heavy atom. The summed E-state index contributed by atoms with van der Waals surface area (Å²) >= 11 is 0. The minimum Gasteiger partial charge on any atom is -0.495 e. The lowest BCUT2D eigenvalue weighted by Gasteiger charge is -2.23. The van der Waals surface area contributed by atoms with Crippen LogP contribution in [0.3, 0.4) is 0 Å². The third-order valence-corrected chi connectivity index (χ3v) is 7.27. The summed E-state index contributed by atoms with van der Waals surface area (Å²) in [7, 11) is -2.34. The monoisotopic (exact) mass is 484 g/mol. The molecule has 1 aromatic rings. The second-order valence-electron chi connectivity index (χ2n) is 8.60. The van der Waals surface area contributed by atoms with E-state index in [1.165, 1.54) is 7.11 Å². The van der Waals surface area contributed by atoms with Gasteiger partial charge in [-0.2, -0.15) is 4.89 Å². The first-order valence-electron chi connectivity index (χ1n) is 11.3. The lowest BCUT2D eigenvalue weighted by atomic mass is 9.96. The zero-order valence-electron chi connectivity index (χ0n) is 19.6. The Morgan fingerprint density at radius 3 is 2.48 bits per heavy atom. The summed E-state index contributed by atoms with van der Waals surface area (Å²) in [4.78, 5) is 23.5. The molecule has 0 amide bonds. The van der Waals surface area contributed by atoms with Gasteiger partial charge in [-0.25, -0.2) is 0 Å². The van der Waals surface area contributed by atoms with Gasteiger partial charge in [0.05, 0.1) is 13.2 Å². The van der Waals surface area contributed by atoms with Crippen LogP contribution in [0.25, 0.3) is 0 Å².